The lowest BCUT2D eigenvalue weighted by Gasteiger charge is -1.97. The van der Waals surface area contributed by atoms with E-state index in [0.717, 1.165) is 0 Å². The molecule has 0 atom stereocenters. The van der Waals surface area contributed by atoms with Crippen molar-refractivity contribution < 1.29 is 31.8 Å². The summed E-state index contributed by atoms with van der Waals surface area (Å²) in [6, 6.07) is 1.61. The number of nitrogens with zero attached hydrogens (tertiary/aromatic N) is 2. The third-order valence-electron chi connectivity index (χ3n) is 2.40. The molecule has 7 nitrogen and oxygen atoms in total. The highest BCUT2D eigenvalue weighted by molar-refractivity contribution is 5.58. The molecule has 0 aliphatic heterocycles. The Morgan fingerprint density at radius 1 is 0.708 bits per heavy atom. The maximum atomic E-state index is 12.6. The van der Waals surface area contributed by atoms with Gasteiger partial charge in [-0.2, -0.15) is 13.2 Å². The van der Waals surface area contributed by atoms with Gasteiger partial charge in [-0.1, -0.05) is 0 Å². The Labute approximate surface area is 129 Å². The van der Waals surface area contributed by atoms with Crippen LogP contribution in [0.25, 0.3) is 0 Å². The van der Waals surface area contributed by atoms with E-state index in [1.54, 1.807) is 0 Å². The number of hydrogen-bond acceptors (Lipinski definition) is 5. The summed E-state index contributed by atoms with van der Waals surface area (Å²) < 4.78 is 62.0. The second-order valence-electron chi connectivity index (χ2n) is 4.06. The smallest absolute Gasteiger partial charge is 0.340 e. The topological polar surface area (TPSA) is 112 Å². The van der Waals surface area contributed by atoms with E-state index >= 15 is 0 Å². The number of halogens is 5. The van der Waals surface area contributed by atoms with Crippen LogP contribution in [0.3, 0.4) is 0 Å². The molecular weight excluding hydrogens is 345 g/mol. The average molecular weight is 351 g/mol. The molecule has 0 fully saturated rings. The number of hydrogen-bond donors (Lipinski definition) is 1. The SMILES string of the molecule is Nc1cc(F)cc(F)c1[N+](=O)[O-].O=[N+]([O-])c1c(F)cc(F)cc1F. The second kappa shape index (κ2) is 7.30. The fraction of sp³-hybridized carbons (Fsp3) is 0. The van der Waals surface area contributed by atoms with Crippen molar-refractivity contribution in [1.29, 1.82) is 0 Å². The van der Waals surface area contributed by atoms with E-state index in [1.165, 1.54) is 0 Å². The fourth-order valence-corrected chi connectivity index (χ4v) is 1.49. The van der Waals surface area contributed by atoms with Crippen molar-refractivity contribution in [3.63, 3.8) is 0 Å². The van der Waals surface area contributed by atoms with Crippen molar-refractivity contribution in [3.05, 3.63) is 73.6 Å². The summed E-state index contributed by atoms with van der Waals surface area (Å²) in [5.41, 5.74) is 2.26. The van der Waals surface area contributed by atoms with Crippen LogP contribution in [-0.4, -0.2) is 9.85 Å². The van der Waals surface area contributed by atoms with Gasteiger partial charge < -0.3 is 5.73 Å². The molecule has 0 aliphatic rings. The van der Waals surface area contributed by atoms with Crippen molar-refractivity contribution in [2.24, 2.45) is 0 Å². The molecule has 0 heterocycles. The molecule has 0 unspecified atom stereocenters. The minimum Gasteiger partial charge on any atom is -0.393 e. The van der Waals surface area contributed by atoms with Crippen LogP contribution in [0.5, 0.6) is 0 Å². The predicted molar refractivity (Wildman–Crippen MR) is 70.4 cm³/mol. The number of nitro benzene ring substituents is 2. The molecule has 2 aromatic carbocycles. The van der Waals surface area contributed by atoms with Gasteiger partial charge in [-0.15, -0.1) is 0 Å². The van der Waals surface area contributed by atoms with Gasteiger partial charge >= 0.3 is 11.4 Å². The fourth-order valence-electron chi connectivity index (χ4n) is 1.49. The van der Waals surface area contributed by atoms with Gasteiger partial charge in [0.2, 0.25) is 17.5 Å². The molecule has 0 saturated heterocycles. The maximum absolute atomic E-state index is 12.6. The highest BCUT2D eigenvalue weighted by Crippen LogP contribution is 2.25. The van der Waals surface area contributed by atoms with E-state index in [0.29, 0.717) is 12.1 Å². The average Bonchev–Trinajstić information content (AvgIpc) is 2.35. The van der Waals surface area contributed by atoms with Crippen molar-refractivity contribution in [2.45, 2.75) is 0 Å². The number of nitro groups is 2. The second-order valence-corrected chi connectivity index (χ2v) is 4.06. The number of rotatable bonds is 2. The number of nitrogen functional groups attached to an aromatic ring is 1. The van der Waals surface area contributed by atoms with Crippen LogP contribution in [0.1, 0.15) is 0 Å². The summed E-state index contributed by atoms with van der Waals surface area (Å²) in [4.78, 5) is 17.8. The van der Waals surface area contributed by atoms with Crippen LogP contribution < -0.4 is 5.73 Å². The van der Waals surface area contributed by atoms with Gasteiger partial charge in [0.1, 0.15) is 17.3 Å². The molecule has 2 aromatic rings. The Morgan fingerprint density at radius 2 is 1.04 bits per heavy atom. The summed E-state index contributed by atoms with van der Waals surface area (Å²) in [6.07, 6.45) is 0. The van der Waals surface area contributed by atoms with Gasteiger partial charge in [-0.05, 0) is 0 Å². The van der Waals surface area contributed by atoms with Crippen LogP contribution in [0, 0.1) is 49.3 Å². The monoisotopic (exact) mass is 351 g/mol. The van der Waals surface area contributed by atoms with Gasteiger partial charge in [-0.3, -0.25) is 20.2 Å². The third kappa shape index (κ3) is 4.34. The Balaban J connectivity index is 0.000000240. The van der Waals surface area contributed by atoms with Gasteiger partial charge in [0.25, 0.3) is 0 Å². The number of anilines is 1. The summed E-state index contributed by atoms with van der Waals surface area (Å²) in [5.74, 6) is -6.42. The first-order chi connectivity index (χ1) is 11.0. The van der Waals surface area contributed by atoms with Crippen molar-refractivity contribution in [2.75, 3.05) is 5.73 Å². The third-order valence-corrected chi connectivity index (χ3v) is 2.40. The Kier molecular flexibility index (Phi) is 5.70. The molecule has 0 radical (unpaired) electrons. The van der Waals surface area contributed by atoms with E-state index in [9.17, 15) is 42.2 Å². The molecule has 2 rings (SSSR count). The van der Waals surface area contributed by atoms with E-state index in [4.69, 9.17) is 5.73 Å². The van der Waals surface area contributed by atoms with Crippen molar-refractivity contribution in [1.82, 2.24) is 0 Å². The van der Waals surface area contributed by atoms with Crippen LogP contribution in [-0.2, 0) is 0 Å². The minimum atomic E-state index is -1.52. The summed E-state index contributed by atoms with van der Waals surface area (Å²) in [5, 5.41) is 20.1. The highest BCUT2D eigenvalue weighted by Gasteiger charge is 2.21. The summed E-state index contributed by atoms with van der Waals surface area (Å²) >= 11 is 0. The minimum absolute atomic E-state index is 0.251. The zero-order chi connectivity index (χ0) is 18.6. The predicted octanol–water partition coefficient (Wildman–Crippen LogP) is 3.47. The molecule has 0 aliphatic carbocycles. The summed E-state index contributed by atoms with van der Waals surface area (Å²) in [7, 11) is 0. The van der Waals surface area contributed by atoms with E-state index in [2.05, 4.69) is 0 Å². The van der Waals surface area contributed by atoms with Gasteiger partial charge in [0.05, 0.1) is 9.85 Å². The first kappa shape index (κ1) is 18.7. The quantitative estimate of drug-likeness (QED) is 0.385. The molecule has 0 saturated carbocycles. The lowest BCUT2D eigenvalue weighted by molar-refractivity contribution is -0.390. The molecule has 2 N–H and O–H groups in total. The zero-order valence-corrected chi connectivity index (χ0v) is 11.3. The molecule has 24 heavy (non-hydrogen) atoms. The first-order valence-electron chi connectivity index (χ1n) is 5.72. The molecule has 0 aromatic heterocycles. The number of nitrogens with two attached hydrogens (primary N) is 1. The zero-order valence-electron chi connectivity index (χ0n) is 11.3. The standard InChI is InChI=1S/C6H2F3NO2.C6H4F2N2O2/c2*7-3-1-4(8)6(10(11)12)5(9)2-3/h1-2H;1-2H,9H2. The van der Waals surface area contributed by atoms with Crippen LogP contribution in [0.2, 0.25) is 0 Å². The first-order valence-corrected chi connectivity index (χ1v) is 5.72. The molecule has 128 valence electrons. The van der Waals surface area contributed by atoms with Gasteiger partial charge in [0, 0.05) is 24.3 Å². The van der Waals surface area contributed by atoms with Crippen molar-refractivity contribution in [3.8, 4) is 0 Å². The highest BCUT2D eigenvalue weighted by atomic mass is 19.2. The van der Waals surface area contributed by atoms with Gasteiger partial charge in [-0.25, -0.2) is 8.78 Å². The van der Waals surface area contributed by atoms with Gasteiger partial charge in [0.15, 0.2) is 0 Å². The van der Waals surface area contributed by atoms with Crippen LogP contribution >= 0.6 is 0 Å². The Hall–Kier alpha value is -3.31. The summed E-state index contributed by atoms with van der Waals surface area (Å²) in [6.45, 7) is 0. The van der Waals surface area contributed by atoms with E-state index < -0.39 is 56.0 Å². The Bertz CT molecular complexity index is 702. The van der Waals surface area contributed by atoms with E-state index in [1.807, 2.05) is 0 Å². The number of benzene rings is 2. The van der Waals surface area contributed by atoms with Crippen LogP contribution in [0.4, 0.5) is 39.0 Å². The largest absolute Gasteiger partial charge is 0.393 e. The molecule has 0 amide bonds. The molecular formula is C12H6F5N3O4. The lowest BCUT2D eigenvalue weighted by atomic mass is 10.2. The van der Waals surface area contributed by atoms with Crippen LogP contribution in [0.15, 0.2) is 24.3 Å². The van der Waals surface area contributed by atoms with Crippen molar-refractivity contribution >= 4 is 17.1 Å². The molecule has 12 heteroatoms. The lowest BCUT2D eigenvalue weighted by Crippen LogP contribution is -1.99. The molecule has 0 spiro atoms. The van der Waals surface area contributed by atoms with E-state index in [-0.39, 0.29) is 12.1 Å². The molecule has 0 bridgehead atoms. The normalized spacial score (nSPS) is 9.88. The Morgan fingerprint density at radius 3 is 1.38 bits per heavy atom. The maximum Gasteiger partial charge on any atom is 0.340 e.